The Hall–Kier alpha value is 0.250. The second-order valence-corrected chi connectivity index (χ2v) is 5.05. The molecule has 1 aliphatic heterocycles. The van der Waals surface area contributed by atoms with Crippen LogP contribution < -0.4 is 5.73 Å². The van der Waals surface area contributed by atoms with E-state index in [1.807, 2.05) is 6.66 Å². The summed E-state index contributed by atoms with van der Waals surface area (Å²) in [7, 11) is 1.01. The fraction of sp³-hybridized carbons (Fsp3) is 0.875. The van der Waals surface area contributed by atoms with Crippen molar-refractivity contribution >= 4 is 23.5 Å². The maximum absolute atomic E-state index is 11.5. The van der Waals surface area contributed by atoms with Gasteiger partial charge in [-0.05, 0) is 19.8 Å². The van der Waals surface area contributed by atoms with Crippen LogP contribution >= 0.6 is 17.5 Å². The van der Waals surface area contributed by atoms with E-state index in [0.717, 1.165) is 28.2 Å². The molecule has 2 N–H and O–H groups in total. The van der Waals surface area contributed by atoms with Gasteiger partial charge in [-0.2, -0.15) is 0 Å². The van der Waals surface area contributed by atoms with Crippen LogP contribution in [0.5, 0.6) is 0 Å². The minimum atomic E-state index is -0.114. The second-order valence-electron chi connectivity index (χ2n) is 3.35. The summed E-state index contributed by atoms with van der Waals surface area (Å²) >= 11 is 0. The molecule has 0 radical (unpaired) electrons. The van der Waals surface area contributed by atoms with Crippen molar-refractivity contribution in [1.29, 1.82) is 0 Å². The number of hydrogen-bond acceptors (Lipinski definition) is 4. The molecular weight excluding hydrogens is 218 g/mol. The van der Waals surface area contributed by atoms with Gasteiger partial charge >= 0.3 is 5.97 Å². The van der Waals surface area contributed by atoms with Gasteiger partial charge in [0.05, 0.1) is 14.7 Å². The normalized spacial score (nSPS) is 30.5. The lowest BCUT2D eigenvalue weighted by atomic mass is 9.94. The van der Waals surface area contributed by atoms with Crippen LogP contribution in [0.4, 0.5) is 0 Å². The van der Waals surface area contributed by atoms with Gasteiger partial charge in [-0.25, -0.2) is 0 Å². The molecule has 1 heterocycles. The summed E-state index contributed by atoms with van der Waals surface area (Å²) in [4.78, 5) is 11.5. The first-order chi connectivity index (χ1) is 6.69. The molecule has 1 fully saturated rings. The number of nitrogens with zero attached hydrogens (tertiary/aromatic N) is 1. The number of rotatable bonds is 3. The first-order valence-corrected chi connectivity index (χ1v) is 7.60. The van der Waals surface area contributed by atoms with E-state index in [-0.39, 0.29) is 26.7 Å². The molecule has 14 heavy (non-hydrogen) atoms. The van der Waals surface area contributed by atoms with E-state index in [2.05, 4.69) is 11.3 Å². The Morgan fingerprint density at radius 3 is 2.79 bits per heavy atom. The second kappa shape index (κ2) is 5.97. The Bertz CT molecular complexity index is 204. The average Bonchev–Trinajstić information content (AvgIpc) is 2.17. The summed E-state index contributed by atoms with van der Waals surface area (Å²) in [5.41, 5.74) is 5.94. The van der Waals surface area contributed by atoms with Gasteiger partial charge < -0.3 is 10.3 Å². The molecule has 0 amide bonds. The zero-order valence-corrected chi connectivity index (χ0v) is 10.6. The molecule has 0 bridgehead atoms. The highest BCUT2D eigenvalue weighted by atomic mass is 31.1. The van der Waals surface area contributed by atoms with Gasteiger partial charge in [-0.15, -0.1) is 0 Å². The summed E-state index contributed by atoms with van der Waals surface area (Å²) in [6, 6.07) is -0.0555. The van der Waals surface area contributed by atoms with Crippen molar-refractivity contribution in [3.8, 4) is 0 Å². The fourth-order valence-corrected chi connectivity index (χ4v) is 2.75. The Labute approximate surface area is 88.6 Å². The van der Waals surface area contributed by atoms with E-state index in [1.165, 1.54) is 0 Å². The van der Waals surface area contributed by atoms with Crippen molar-refractivity contribution in [3.05, 3.63) is 0 Å². The fourth-order valence-electron chi connectivity index (χ4n) is 1.65. The molecular formula is C8H18N2O2P2. The molecule has 1 aliphatic rings. The molecule has 0 aromatic rings. The smallest absolute Gasteiger partial charge is 0.312 e. The summed E-state index contributed by atoms with van der Waals surface area (Å²) in [6.45, 7) is 5.78. The predicted molar refractivity (Wildman–Crippen MR) is 62.2 cm³/mol. The maximum Gasteiger partial charge on any atom is 0.312 e. The van der Waals surface area contributed by atoms with Gasteiger partial charge in [-0.1, -0.05) is 8.73 Å². The first kappa shape index (κ1) is 12.3. The lowest BCUT2D eigenvalue weighted by molar-refractivity contribution is -0.139. The van der Waals surface area contributed by atoms with Gasteiger partial charge in [0.1, 0.15) is 0 Å². The van der Waals surface area contributed by atoms with E-state index >= 15 is 0 Å². The standard InChI is InChI=1S/C8H18N2O2P2/c1-13-10-4-3-6(7(9)5-10)8(11)12-14-2/h6-7,13-14H,3-5,9H2,1-2H3/t6?,7-/m0/s1. The van der Waals surface area contributed by atoms with Gasteiger partial charge in [-0.3, -0.25) is 9.46 Å². The van der Waals surface area contributed by atoms with Crippen molar-refractivity contribution in [2.75, 3.05) is 26.4 Å². The van der Waals surface area contributed by atoms with Crippen LogP contribution in [0.15, 0.2) is 0 Å². The summed E-state index contributed by atoms with van der Waals surface area (Å²) in [5.74, 6) is -0.201. The van der Waals surface area contributed by atoms with Crippen molar-refractivity contribution in [1.82, 2.24) is 4.67 Å². The van der Waals surface area contributed by atoms with Gasteiger partial charge in [0.15, 0.2) is 0 Å². The van der Waals surface area contributed by atoms with Crippen molar-refractivity contribution in [2.45, 2.75) is 12.5 Å². The first-order valence-electron chi connectivity index (χ1n) is 4.74. The molecule has 0 aliphatic carbocycles. The van der Waals surface area contributed by atoms with E-state index in [0.29, 0.717) is 0 Å². The van der Waals surface area contributed by atoms with E-state index in [4.69, 9.17) is 10.3 Å². The SMILES string of the molecule is CPOC(=O)C1CCN(PC)C[C@@H]1N. The Morgan fingerprint density at radius 1 is 1.57 bits per heavy atom. The molecule has 0 aromatic heterocycles. The highest BCUT2D eigenvalue weighted by Crippen LogP contribution is 2.25. The summed E-state index contributed by atoms with van der Waals surface area (Å²) < 4.78 is 7.31. The molecule has 3 unspecified atom stereocenters. The third kappa shape index (κ3) is 3.13. The topological polar surface area (TPSA) is 55.6 Å². The third-order valence-electron chi connectivity index (χ3n) is 2.48. The van der Waals surface area contributed by atoms with Gasteiger partial charge in [0.25, 0.3) is 0 Å². The van der Waals surface area contributed by atoms with Crippen LogP contribution in [-0.2, 0) is 9.32 Å². The van der Waals surface area contributed by atoms with Crippen LogP contribution in [-0.4, -0.2) is 43.1 Å². The van der Waals surface area contributed by atoms with Crippen molar-refractivity contribution in [3.63, 3.8) is 0 Å². The van der Waals surface area contributed by atoms with Crippen LogP contribution in [0.2, 0.25) is 0 Å². The lowest BCUT2D eigenvalue weighted by Gasteiger charge is -2.34. The zero-order valence-electron chi connectivity index (χ0n) is 8.62. The highest BCUT2D eigenvalue weighted by Gasteiger charge is 2.32. The number of nitrogens with two attached hydrogens (primary N) is 1. The molecule has 0 aromatic carbocycles. The summed E-state index contributed by atoms with van der Waals surface area (Å²) in [6.07, 6.45) is 0.839. The molecule has 6 heteroatoms. The number of piperidine rings is 1. The van der Waals surface area contributed by atoms with Crippen LogP contribution in [0.25, 0.3) is 0 Å². The quantitative estimate of drug-likeness (QED) is 0.730. The zero-order chi connectivity index (χ0) is 10.6. The van der Waals surface area contributed by atoms with Gasteiger partial charge in [0.2, 0.25) is 0 Å². The molecule has 4 nitrogen and oxygen atoms in total. The van der Waals surface area contributed by atoms with Crippen molar-refractivity contribution in [2.24, 2.45) is 11.7 Å². The number of carbonyl (C=O) groups is 1. The number of hydrogen-bond donors (Lipinski definition) is 1. The van der Waals surface area contributed by atoms with Crippen LogP contribution in [0, 0.1) is 5.92 Å². The molecule has 1 saturated heterocycles. The Kier molecular flexibility index (Phi) is 5.25. The molecule has 82 valence electrons. The molecule has 1 rings (SSSR count). The van der Waals surface area contributed by atoms with E-state index < -0.39 is 0 Å². The van der Waals surface area contributed by atoms with E-state index in [1.54, 1.807) is 0 Å². The lowest BCUT2D eigenvalue weighted by Crippen LogP contribution is -2.48. The molecule has 0 saturated carbocycles. The minimum absolute atomic E-state index is 0.0555. The van der Waals surface area contributed by atoms with Crippen molar-refractivity contribution < 1.29 is 9.32 Å². The maximum atomic E-state index is 11.5. The van der Waals surface area contributed by atoms with Gasteiger partial charge in [0, 0.05) is 19.1 Å². The monoisotopic (exact) mass is 236 g/mol. The predicted octanol–water partition coefficient (Wildman–Crippen LogP) is 0.625. The minimum Gasteiger partial charge on any atom is -0.448 e. The Balaban J connectivity index is 2.45. The molecule has 0 spiro atoms. The highest BCUT2D eigenvalue weighted by molar-refractivity contribution is 7.34. The summed E-state index contributed by atoms with van der Waals surface area (Å²) in [5, 5.41) is 0. The average molecular weight is 236 g/mol. The Morgan fingerprint density at radius 2 is 2.29 bits per heavy atom. The molecule has 4 atom stereocenters. The number of carbonyl (C=O) groups excluding carboxylic acids is 1. The third-order valence-corrected chi connectivity index (χ3v) is 3.92. The largest absolute Gasteiger partial charge is 0.448 e. The van der Waals surface area contributed by atoms with E-state index in [9.17, 15) is 4.79 Å². The van der Waals surface area contributed by atoms with Crippen LogP contribution in [0.3, 0.4) is 0 Å². The van der Waals surface area contributed by atoms with Crippen LogP contribution in [0.1, 0.15) is 6.42 Å².